The first-order chi connectivity index (χ1) is 10.2. The molecule has 0 spiro atoms. The molecule has 1 atom stereocenters. The van der Waals surface area contributed by atoms with E-state index in [0.29, 0.717) is 12.3 Å². The van der Waals surface area contributed by atoms with E-state index in [1.807, 2.05) is 61.5 Å². The van der Waals surface area contributed by atoms with E-state index in [9.17, 15) is 5.11 Å². The zero-order chi connectivity index (χ0) is 14.7. The van der Waals surface area contributed by atoms with Gasteiger partial charge >= 0.3 is 0 Å². The first-order valence-electron chi connectivity index (χ1n) is 6.83. The van der Waals surface area contributed by atoms with Crippen LogP contribution in [0.15, 0.2) is 59.0 Å². The first-order valence-corrected chi connectivity index (χ1v) is 6.83. The van der Waals surface area contributed by atoms with E-state index in [1.54, 1.807) is 0 Å². The molecule has 106 valence electrons. The van der Waals surface area contributed by atoms with Crippen molar-refractivity contribution in [3.8, 4) is 0 Å². The Hall–Kier alpha value is -2.46. The van der Waals surface area contributed by atoms with Crippen LogP contribution < -0.4 is 0 Å². The van der Waals surface area contributed by atoms with Gasteiger partial charge in [0.1, 0.15) is 0 Å². The van der Waals surface area contributed by atoms with Gasteiger partial charge in [0.05, 0.1) is 6.42 Å². The zero-order valence-corrected chi connectivity index (χ0v) is 11.7. The number of nitrogens with zero attached hydrogens (tertiary/aromatic N) is 2. The van der Waals surface area contributed by atoms with Crippen molar-refractivity contribution in [3.05, 3.63) is 83.1 Å². The second kappa shape index (κ2) is 5.89. The highest BCUT2D eigenvalue weighted by Crippen LogP contribution is 2.21. The van der Waals surface area contributed by atoms with Gasteiger partial charge in [-0.05, 0) is 18.1 Å². The lowest BCUT2D eigenvalue weighted by atomic mass is 10.1. The van der Waals surface area contributed by atoms with Gasteiger partial charge < -0.3 is 9.52 Å². The molecule has 21 heavy (non-hydrogen) atoms. The molecular weight excluding hydrogens is 264 g/mol. The number of hydrogen-bond donors (Lipinski definition) is 1. The van der Waals surface area contributed by atoms with Gasteiger partial charge in [-0.2, -0.15) is 0 Å². The van der Waals surface area contributed by atoms with Crippen molar-refractivity contribution in [2.75, 3.05) is 0 Å². The van der Waals surface area contributed by atoms with E-state index in [4.69, 9.17) is 4.42 Å². The normalized spacial score (nSPS) is 12.3. The SMILES string of the molecule is Cc1ccc(C(O)c2nnc(Cc3ccccc3)o2)cc1. The summed E-state index contributed by atoms with van der Waals surface area (Å²) in [5.41, 5.74) is 2.98. The van der Waals surface area contributed by atoms with Gasteiger partial charge in [0.25, 0.3) is 0 Å². The maximum absolute atomic E-state index is 10.3. The monoisotopic (exact) mass is 280 g/mol. The molecule has 0 aliphatic rings. The summed E-state index contributed by atoms with van der Waals surface area (Å²) in [6, 6.07) is 17.5. The third-order valence-electron chi connectivity index (χ3n) is 3.31. The van der Waals surface area contributed by atoms with Gasteiger partial charge in [-0.1, -0.05) is 60.2 Å². The van der Waals surface area contributed by atoms with Gasteiger partial charge in [0.2, 0.25) is 11.8 Å². The number of benzene rings is 2. The van der Waals surface area contributed by atoms with E-state index in [0.717, 1.165) is 16.7 Å². The molecule has 3 aromatic rings. The topological polar surface area (TPSA) is 59.2 Å². The second-order valence-electron chi connectivity index (χ2n) is 5.01. The average molecular weight is 280 g/mol. The number of rotatable bonds is 4. The molecule has 0 radical (unpaired) electrons. The predicted molar refractivity (Wildman–Crippen MR) is 78.8 cm³/mol. The molecule has 4 heteroatoms. The van der Waals surface area contributed by atoms with Crippen molar-refractivity contribution < 1.29 is 9.52 Å². The minimum atomic E-state index is -0.886. The first kappa shape index (κ1) is 13.5. The third kappa shape index (κ3) is 3.17. The van der Waals surface area contributed by atoms with E-state index < -0.39 is 6.10 Å². The van der Waals surface area contributed by atoms with Crippen LogP contribution in [0.25, 0.3) is 0 Å². The fourth-order valence-electron chi connectivity index (χ4n) is 2.11. The third-order valence-corrected chi connectivity index (χ3v) is 3.31. The van der Waals surface area contributed by atoms with Crippen LogP contribution in [-0.4, -0.2) is 15.3 Å². The van der Waals surface area contributed by atoms with Gasteiger partial charge in [-0.15, -0.1) is 10.2 Å². The molecule has 0 saturated carbocycles. The second-order valence-corrected chi connectivity index (χ2v) is 5.01. The van der Waals surface area contributed by atoms with Crippen molar-refractivity contribution in [2.45, 2.75) is 19.4 Å². The largest absolute Gasteiger partial charge is 0.422 e. The molecule has 0 saturated heterocycles. The fraction of sp³-hybridized carbons (Fsp3) is 0.176. The summed E-state index contributed by atoms with van der Waals surface area (Å²) < 4.78 is 5.56. The quantitative estimate of drug-likeness (QED) is 0.798. The standard InChI is InChI=1S/C17H16N2O2/c1-12-7-9-14(10-8-12)16(20)17-19-18-15(21-17)11-13-5-3-2-4-6-13/h2-10,16,20H,11H2,1H3. The van der Waals surface area contributed by atoms with Crippen molar-refractivity contribution in [2.24, 2.45) is 0 Å². The lowest BCUT2D eigenvalue weighted by Gasteiger charge is -2.06. The molecule has 1 aromatic heterocycles. The van der Waals surface area contributed by atoms with Crippen molar-refractivity contribution in [1.82, 2.24) is 10.2 Å². The van der Waals surface area contributed by atoms with Crippen molar-refractivity contribution in [3.63, 3.8) is 0 Å². The summed E-state index contributed by atoms with van der Waals surface area (Å²) >= 11 is 0. The Labute approximate surface area is 123 Å². The lowest BCUT2D eigenvalue weighted by molar-refractivity contribution is 0.180. The summed E-state index contributed by atoms with van der Waals surface area (Å²) in [5, 5.41) is 18.2. The molecule has 4 nitrogen and oxygen atoms in total. The Morgan fingerprint density at radius 2 is 1.71 bits per heavy atom. The lowest BCUT2D eigenvalue weighted by Crippen LogP contribution is -1.99. The molecule has 2 aromatic carbocycles. The van der Waals surface area contributed by atoms with Crippen molar-refractivity contribution in [1.29, 1.82) is 0 Å². The maximum atomic E-state index is 10.3. The summed E-state index contributed by atoms with van der Waals surface area (Å²) in [6.07, 6.45) is -0.323. The smallest absolute Gasteiger partial charge is 0.249 e. The minimum absolute atomic E-state index is 0.227. The van der Waals surface area contributed by atoms with Crippen LogP contribution in [0.5, 0.6) is 0 Å². The van der Waals surface area contributed by atoms with Crippen molar-refractivity contribution >= 4 is 0 Å². The fourth-order valence-corrected chi connectivity index (χ4v) is 2.11. The van der Waals surface area contributed by atoms with Crippen LogP contribution in [0.1, 0.15) is 34.6 Å². The molecule has 0 bridgehead atoms. The predicted octanol–water partition coefficient (Wildman–Crippen LogP) is 3.05. The van der Waals surface area contributed by atoms with Gasteiger partial charge in [0.15, 0.2) is 6.10 Å². The van der Waals surface area contributed by atoms with Crippen LogP contribution in [0, 0.1) is 6.92 Å². The van der Waals surface area contributed by atoms with E-state index >= 15 is 0 Å². The maximum Gasteiger partial charge on any atom is 0.249 e. The summed E-state index contributed by atoms with van der Waals surface area (Å²) in [4.78, 5) is 0. The van der Waals surface area contributed by atoms with Gasteiger partial charge in [-0.3, -0.25) is 0 Å². The Kier molecular flexibility index (Phi) is 3.79. The molecular formula is C17H16N2O2. The zero-order valence-electron chi connectivity index (χ0n) is 11.7. The molecule has 1 N–H and O–H groups in total. The summed E-state index contributed by atoms with van der Waals surface area (Å²) in [7, 11) is 0. The van der Waals surface area contributed by atoms with Crippen LogP contribution in [0.3, 0.4) is 0 Å². The molecule has 0 aliphatic heterocycles. The highest BCUT2D eigenvalue weighted by molar-refractivity contribution is 5.26. The van der Waals surface area contributed by atoms with E-state index in [2.05, 4.69) is 10.2 Å². The number of hydrogen-bond acceptors (Lipinski definition) is 4. The Balaban J connectivity index is 1.76. The highest BCUT2D eigenvalue weighted by Gasteiger charge is 2.17. The van der Waals surface area contributed by atoms with Crippen LogP contribution in [0.2, 0.25) is 0 Å². The van der Waals surface area contributed by atoms with Crippen LogP contribution >= 0.6 is 0 Å². The number of aryl methyl sites for hydroxylation is 1. The molecule has 0 amide bonds. The molecule has 0 fully saturated rings. The Morgan fingerprint density at radius 1 is 1.00 bits per heavy atom. The van der Waals surface area contributed by atoms with E-state index in [1.165, 1.54) is 0 Å². The number of aromatic nitrogens is 2. The molecule has 1 unspecified atom stereocenters. The molecule has 3 rings (SSSR count). The minimum Gasteiger partial charge on any atom is -0.422 e. The Bertz CT molecular complexity index is 705. The summed E-state index contributed by atoms with van der Waals surface area (Å²) in [6.45, 7) is 2.00. The Morgan fingerprint density at radius 3 is 2.43 bits per heavy atom. The van der Waals surface area contributed by atoms with Gasteiger partial charge in [0, 0.05) is 0 Å². The average Bonchev–Trinajstić information content (AvgIpc) is 2.97. The van der Waals surface area contributed by atoms with E-state index in [-0.39, 0.29) is 5.89 Å². The van der Waals surface area contributed by atoms with Crippen LogP contribution in [-0.2, 0) is 6.42 Å². The van der Waals surface area contributed by atoms with Gasteiger partial charge in [-0.25, -0.2) is 0 Å². The molecule has 0 aliphatic carbocycles. The number of aliphatic hydroxyl groups is 1. The molecule has 1 heterocycles. The highest BCUT2D eigenvalue weighted by atomic mass is 16.4. The summed E-state index contributed by atoms with van der Waals surface area (Å²) in [5.74, 6) is 0.729. The number of aliphatic hydroxyl groups excluding tert-OH is 1. The van der Waals surface area contributed by atoms with Crippen LogP contribution in [0.4, 0.5) is 0 Å².